The number of methoxy groups -OCH3 is 1. The highest BCUT2D eigenvalue weighted by Gasteiger charge is 2.13. The number of hydrogen-bond donors (Lipinski definition) is 1. The summed E-state index contributed by atoms with van der Waals surface area (Å²) in [6, 6.07) is 8.67. The second-order valence-electron chi connectivity index (χ2n) is 6.98. The molecule has 160 valence electrons. The van der Waals surface area contributed by atoms with E-state index in [1.807, 2.05) is 6.92 Å². The summed E-state index contributed by atoms with van der Waals surface area (Å²) >= 11 is 5.99. The average Bonchev–Trinajstić information content (AvgIpc) is 3.17. The number of hydrogen-bond acceptors (Lipinski definition) is 8. The van der Waals surface area contributed by atoms with E-state index >= 15 is 0 Å². The topological polar surface area (TPSA) is 121 Å². The molecule has 0 bridgehead atoms. The third kappa shape index (κ3) is 3.71. The monoisotopic (exact) mass is 449 g/mol. The quantitative estimate of drug-likeness (QED) is 0.434. The van der Waals surface area contributed by atoms with Crippen LogP contribution in [-0.2, 0) is 6.54 Å². The predicted octanol–water partition coefficient (Wildman–Crippen LogP) is 3.27. The van der Waals surface area contributed by atoms with Gasteiger partial charge in [0.25, 0.3) is 5.56 Å². The Hall–Kier alpha value is -4.05. The SMILES string of the molecule is COc1cc(C)c2c(=O)n(Cc3nc4ncc(Oc5cccc(Cl)c5)nc4[nH]3)cnc2n1. The van der Waals surface area contributed by atoms with Gasteiger partial charge in [-0.15, -0.1) is 0 Å². The Morgan fingerprint density at radius 3 is 2.78 bits per heavy atom. The van der Waals surface area contributed by atoms with Gasteiger partial charge in [-0.1, -0.05) is 17.7 Å². The molecular formula is C21H16ClN7O3. The predicted molar refractivity (Wildman–Crippen MR) is 117 cm³/mol. The molecule has 0 radical (unpaired) electrons. The van der Waals surface area contributed by atoms with Crippen molar-refractivity contribution in [2.45, 2.75) is 13.5 Å². The summed E-state index contributed by atoms with van der Waals surface area (Å²) in [6.07, 6.45) is 2.90. The molecule has 1 N–H and O–H groups in total. The van der Waals surface area contributed by atoms with Crippen LogP contribution in [0.1, 0.15) is 11.4 Å². The Kier molecular flexibility index (Phi) is 4.91. The fourth-order valence-corrected chi connectivity index (χ4v) is 3.46. The lowest BCUT2D eigenvalue weighted by atomic mass is 10.2. The molecule has 0 atom stereocenters. The number of aromatic amines is 1. The van der Waals surface area contributed by atoms with Gasteiger partial charge in [-0.2, -0.15) is 9.97 Å². The number of nitrogens with one attached hydrogen (secondary N) is 1. The molecule has 0 aliphatic carbocycles. The number of benzene rings is 1. The van der Waals surface area contributed by atoms with Gasteiger partial charge in [-0.25, -0.2) is 15.0 Å². The van der Waals surface area contributed by atoms with Crippen LogP contribution in [0.4, 0.5) is 0 Å². The molecule has 0 saturated heterocycles. The molecule has 0 fully saturated rings. The smallest absolute Gasteiger partial charge is 0.263 e. The Morgan fingerprint density at radius 2 is 1.97 bits per heavy atom. The van der Waals surface area contributed by atoms with Gasteiger partial charge in [-0.05, 0) is 30.7 Å². The first-order valence-corrected chi connectivity index (χ1v) is 9.94. The van der Waals surface area contributed by atoms with E-state index in [4.69, 9.17) is 21.1 Å². The minimum absolute atomic E-state index is 0.162. The second kappa shape index (κ2) is 7.89. The van der Waals surface area contributed by atoms with E-state index < -0.39 is 0 Å². The molecule has 4 aromatic heterocycles. The van der Waals surface area contributed by atoms with E-state index in [0.29, 0.717) is 44.8 Å². The molecule has 0 spiro atoms. The van der Waals surface area contributed by atoms with Gasteiger partial charge in [-0.3, -0.25) is 9.36 Å². The molecule has 0 aliphatic rings. The van der Waals surface area contributed by atoms with Gasteiger partial charge < -0.3 is 14.5 Å². The number of fused-ring (bicyclic) bond motifs is 2. The van der Waals surface area contributed by atoms with Crippen molar-refractivity contribution in [1.29, 1.82) is 0 Å². The van der Waals surface area contributed by atoms with E-state index in [2.05, 4.69) is 29.9 Å². The second-order valence-corrected chi connectivity index (χ2v) is 7.42. The third-order valence-corrected chi connectivity index (χ3v) is 4.99. The standard InChI is InChI=1S/C21H16ClN7O3/c1-11-6-15(31-2)27-18-17(11)21(30)29(10-24-18)9-14-25-19-20(26-14)28-16(8-23-19)32-13-5-3-4-12(22)7-13/h3-8,10H,9H2,1-2H3,(H,23,25,26,28). The van der Waals surface area contributed by atoms with E-state index in [0.717, 1.165) is 5.56 Å². The Morgan fingerprint density at radius 1 is 1.09 bits per heavy atom. The number of ether oxygens (including phenoxy) is 2. The average molecular weight is 450 g/mol. The number of rotatable bonds is 5. The Labute approximate surface area is 185 Å². The Bertz CT molecular complexity index is 1530. The molecule has 5 rings (SSSR count). The van der Waals surface area contributed by atoms with Crippen LogP contribution in [0, 0.1) is 6.92 Å². The van der Waals surface area contributed by atoms with Gasteiger partial charge in [0, 0.05) is 11.1 Å². The lowest BCUT2D eigenvalue weighted by Gasteiger charge is -2.07. The molecule has 10 nitrogen and oxygen atoms in total. The molecule has 4 heterocycles. The van der Waals surface area contributed by atoms with Gasteiger partial charge in [0.05, 0.1) is 25.2 Å². The van der Waals surface area contributed by atoms with Crippen LogP contribution in [0.15, 0.2) is 47.7 Å². The summed E-state index contributed by atoms with van der Waals surface area (Å²) in [5.74, 6) is 1.74. The maximum Gasteiger partial charge on any atom is 0.263 e. The highest BCUT2D eigenvalue weighted by Crippen LogP contribution is 2.23. The van der Waals surface area contributed by atoms with E-state index in [9.17, 15) is 4.79 Å². The number of nitrogens with zero attached hydrogens (tertiary/aromatic N) is 6. The lowest BCUT2D eigenvalue weighted by molar-refractivity contribution is 0.399. The van der Waals surface area contributed by atoms with E-state index in [-0.39, 0.29) is 18.0 Å². The summed E-state index contributed by atoms with van der Waals surface area (Å²) in [5.41, 5.74) is 1.68. The van der Waals surface area contributed by atoms with Crippen LogP contribution < -0.4 is 15.0 Å². The number of halogens is 1. The maximum atomic E-state index is 13.0. The van der Waals surface area contributed by atoms with Gasteiger partial charge >= 0.3 is 0 Å². The van der Waals surface area contributed by atoms with Crippen LogP contribution >= 0.6 is 11.6 Å². The minimum atomic E-state index is -0.228. The van der Waals surface area contributed by atoms with Crippen molar-refractivity contribution in [3.63, 3.8) is 0 Å². The molecular weight excluding hydrogens is 434 g/mol. The first-order chi connectivity index (χ1) is 15.5. The molecule has 5 aromatic rings. The van der Waals surface area contributed by atoms with Crippen LogP contribution in [0.25, 0.3) is 22.3 Å². The first-order valence-electron chi connectivity index (χ1n) is 9.56. The zero-order chi connectivity index (χ0) is 22.2. The summed E-state index contributed by atoms with van der Waals surface area (Å²) in [4.78, 5) is 37.7. The summed E-state index contributed by atoms with van der Waals surface area (Å²) in [6.45, 7) is 1.98. The van der Waals surface area contributed by atoms with Crippen LogP contribution in [0.5, 0.6) is 17.5 Å². The fourth-order valence-electron chi connectivity index (χ4n) is 3.28. The first kappa shape index (κ1) is 19.9. The molecule has 1 aromatic carbocycles. The molecule has 0 aliphatic heterocycles. The van der Waals surface area contributed by atoms with Crippen molar-refractivity contribution in [2.75, 3.05) is 7.11 Å². The minimum Gasteiger partial charge on any atom is -0.481 e. The molecule has 0 unspecified atom stereocenters. The van der Waals surface area contributed by atoms with Crippen LogP contribution in [-0.4, -0.2) is 41.6 Å². The van der Waals surface area contributed by atoms with Crippen molar-refractivity contribution < 1.29 is 9.47 Å². The van der Waals surface area contributed by atoms with E-state index in [1.165, 1.54) is 24.2 Å². The largest absolute Gasteiger partial charge is 0.481 e. The van der Waals surface area contributed by atoms with Crippen LogP contribution in [0.2, 0.25) is 5.02 Å². The highest BCUT2D eigenvalue weighted by atomic mass is 35.5. The summed E-state index contributed by atoms with van der Waals surface area (Å²) in [5, 5.41) is 0.983. The number of pyridine rings is 1. The number of aromatic nitrogens is 7. The third-order valence-electron chi connectivity index (χ3n) is 4.75. The summed E-state index contributed by atoms with van der Waals surface area (Å²) in [7, 11) is 1.52. The maximum absolute atomic E-state index is 13.0. The van der Waals surface area contributed by atoms with Crippen molar-refractivity contribution >= 4 is 33.9 Å². The molecule has 0 amide bonds. The molecule has 11 heteroatoms. The van der Waals surface area contributed by atoms with Gasteiger partial charge in [0.1, 0.15) is 17.9 Å². The normalized spacial score (nSPS) is 11.2. The zero-order valence-corrected chi connectivity index (χ0v) is 17.8. The van der Waals surface area contributed by atoms with E-state index in [1.54, 1.807) is 30.3 Å². The lowest BCUT2D eigenvalue weighted by Crippen LogP contribution is -2.22. The van der Waals surface area contributed by atoms with Crippen molar-refractivity contribution in [3.05, 3.63) is 69.6 Å². The number of H-pyrrole nitrogens is 1. The zero-order valence-electron chi connectivity index (χ0n) is 17.0. The molecule has 32 heavy (non-hydrogen) atoms. The Balaban J connectivity index is 1.45. The molecule has 0 saturated carbocycles. The van der Waals surface area contributed by atoms with Gasteiger partial charge in [0.15, 0.2) is 16.9 Å². The van der Waals surface area contributed by atoms with Gasteiger partial charge in [0.2, 0.25) is 11.8 Å². The number of aryl methyl sites for hydroxylation is 1. The van der Waals surface area contributed by atoms with Crippen LogP contribution in [0.3, 0.4) is 0 Å². The fraction of sp³-hybridized carbons (Fsp3) is 0.143. The summed E-state index contributed by atoms with van der Waals surface area (Å²) < 4.78 is 12.3. The number of imidazole rings is 1. The highest BCUT2D eigenvalue weighted by molar-refractivity contribution is 6.30. The van der Waals surface area contributed by atoms with Crippen molar-refractivity contribution in [3.8, 4) is 17.5 Å². The van der Waals surface area contributed by atoms with Crippen molar-refractivity contribution in [2.24, 2.45) is 0 Å². The van der Waals surface area contributed by atoms with Crippen molar-refractivity contribution in [1.82, 2.24) is 34.5 Å².